The van der Waals surface area contributed by atoms with Gasteiger partial charge in [-0.05, 0) is 12.8 Å². The molecule has 0 aromatic carbocycles. The Hall–Kier alpha value is -0.940. The van der Waals surface area contributed by atoms with Crippen LogP contribution >= 0.6 is 24.0 Å². The monoisotopic (exact) mass is 494 g/mol. The molecule has 8 nitrogen and oxygen atoms in total. The Morgan fingerprint density at radius 1 is 1.19 bits per heavy atom. The number of morpholine rings is 1. The lowest BCUT2D eigenvalue weighted by Gasteiger charge is -2.39. The fourth-order valence-electron chi connectivity index (χ4n) is 3.43. The van der Waals surface area contributed by atoms with Gasteiger partial charge in [0.25, 0.3) is 0 Å². The van der Waals surface area contributed by atoms with Gasteiger partial charge in [0.1, 0.15) is 6.54 Å². The summed E-state index contributed by atoms with van der Waals surface area (Å²) in [5.41, 5.74) is 0. The molecule has 0 bridgehead atoms. The fourth-order valence-corrected chi connectivity index (χ4v) is 3.43. The van der Waals surface area contributed by atoms with E-state index < -0.39 is 0 Å². The van der Waals surface area contributed by atoms with Gasteiger partial charge in [-0.1, -0.05) is 31.8 Å². The van der Waals surface area contributed by atoms with Crippen LogP contribution in [0.3, 0.4) is 0 Å². The molecule has 1 unspecified atom stereocenters. The van der Waals surface area contributed by atoms with Crippen LogP contribution in [0.25, 0.3) is 0 Å². The molecule has 156 valence electrons. The first-order valence-electron chi connectivity index (χ1n) is 9.81. The van der Waals surface area contributed by atoms with Crippen LogP contribution in [0.5, 0.6) is 0 Å². The van der Waals surface area contributed by atoms with Crippen LogP contribution in [0.4, 0.5) is 0 Å². The van der Waals surface area contributed by atoms with Gasteiger partial charge < -0.3 is 19.9 Å². The molecule has 2 heterocycles. The van der Waals surface area contributed by atoms with Crippen LogP contribution in [0.1, 0.15) is 45.3 Å². The summed E-state index contributed by atoms with van der Waals surface area (Å²) in [5.74, 6) is 2.61. The third kappa shape index (κ3) is 7.90. The van der Waals surface area contributed by atoms with E-state index in [1.165, 1.54) is 12.8 Å². The Morgan fingerprint density at radius 3 is 2.44 bits per heavy atom. The lowest BCUT2D eigenvalue weighted by atomic mass is 9.92. The van der Waals surface area contributed by atoms with Crippen LogP contribution < -0.4 is 10.6 Å². The van der Waals surface area contributed by atoms with Crippen LogP contribution in [-0.2, 0) is 11.3 Å². The normalized spacial score (nSPS) is 16.9. The maximum absolute atomic E-state index is 5.53. The molecule has 0 aliphatic carbocycles. The SMILES string of the molecule is CCNC(=NCc1noc(C)n1)NCC(C(CC)CC)N1CCOCC1.I. The van der Waals surface area contributed by atoms with Gasteiger partial charge in [0.2, 0.25) is 5.89 Å². The molecule has 1 atom stereocenters. The summed E-state index contributed by atoms with van der Waals surface area (Å²) in [6.45, 7) is 14.1. The van der Waals surface area contributed by atoms with Crippen molar-refractivity contribution >= 4 is 29.9 Å². The van der Waals surface area contributed by atoms with E-state index in [0.717, 1.165) is 45.4 Å². The fraction of sp³-hybridized carbons (Fsp3) is 0.833. The number of hydrogen-bond donors (Lipinski definition) is 2. The van der Waals surface area contributed by atoms with Gasteiger partial charge in [-0.15, -0.1) is 24.0 Å². The molecule has 2 rings (SSSR count). The number of guanidine groups is 1. The second-order valence-electron chi connectivity index (χ2n) is 6.60. The summed E-state index contributed by atoms with van der Waals surface area (Å²) < 4.78 is 10.5. The van der Waals surface area contributed by atoms with E-state index >= 15 is 0 Å². The summed E-state index contributed by atoms with van der Waals surface area (Å²) in [6, 6.07) is 0.477. The lowest BCUT2D eigenvalue weighted by molar-refractivity contribution is 0.00272. The highest BCUT2D eigenvalue weighted by atomic mass is 127. The summed E-state index contributed by atoms with van der Waals surface area (Å²) in [7, 11) is 0. The molecular weight excluding hydrogens is 459 g/mol. The number of aliphatic imine (C=N–C) groups is 1. The van der Waals surface area contributed by atoms with Gasteiger partial charge in [0, 0.05) is 39.1 Å². The van der Waals surface area contributed by atoms with Crippen molar-refractivity contribution in [1.29, 1.82) is 0 Å². The van der Waals surface area contributed by atoms with Gasteiger partial charge in [0.15, 0.2) is 11.8 Å². The van der Waals surface area contributed by atoms with E-state index in [2.05, 4.69) is 51.4 Å². The number of aromatic nitrogens is 2. The quantitative estimate of drug-likeness (QED) is 0.309. The molecule has 1 aromatic heterocycles. The van der Waals surface area contributed by atoms with Crippen molar-refractivity contribution in [3.05, 3.63) is 11.7 Å². The minimum absolute atomic E-state index is 0. The summed E-state index contributed by atoms with van der Waals surface area (Å²) >= 11 is 0. The number of nitrogens with one attached hydrogen (secondary N) is 2. The van der Waals surface area contributed by atoms with Crippen molar-refractivity contribution in [3.8, 4) is 0 Å². The maximum Gasteiger partial charge on any atom is 0.223 e. The Kier molecular flexibility index (Phi) is 11.8. The third-order valence-corrected chi connectivity index (χ3v) is 4.88. The molecule has 0 spiro atoms. The highest BCUT2D eigenvalue weighted by Gasteiger charge is 2.27. The predicted octanol–water partition coefficient (Wildman–Crippen LogP) is 2.19. The molecule has 1 saturated heterocycles. The molecule has 2 N–H and O–H groups in total. The molecule has 1 fully saturated rings. The van der Waals surface area contributed by atoms with Crippen molar-refractivity contribution < 1.29 is 9.26 Å². The van der Waals surface area contributed by atoms with Crippen LogP contribution in [-0.4, -0.2) is 66.4 Å². The van der Waals surface area contributed by atoms with Gasteiger partial charge in [-0.3, -0.25) is 4.90 Å². The number of halogens is 1. The zero-order chi connectivity index (χ0) is 18.8. The minimum Gasteiger partial charge on any atom is -0.379 e. The average molecular weight is 494 g/mol. The third-order valence-electron chi connectivity index (χ3n) is 4.88. The van der Waals surface area contributed by atoms with Crippen LogP contribution in [0, 0.1) is 12.8 Å². The first-order valence-corrected chi connectivity index (χ1v) is 9.81. The van der Waals surface area contributed by atoms with Crippen molar-refractivity contribution in [2.45, 2.75) is 53.1 Å². The number of hydrogen-bond acceptors (Lipinski definition) is 6. The van der Waals surface area contributed by atoms with E-state index in [1.54, 1.807) is 6.92 Å². The molecule has 0 saturated carbocycles. The first-order chi connectivity index (χ1) is 12.7. The van der Waals surface area contributed by atoms with E-state index in [0.29, 0.717) is 30.2 Å². The average Bonchev–Trinajstić information content (AvgIpc) is 3.09. The second-order valence-corrected chi connectivity index (χ2v) is 6.60. The van der Waals surface area contributed by atoms with Crippen LogP contribution in [0.15, 0.2) is 9.52 Å². The Labute approximate surface area is 179 Å². The zero-order valence-corrected chi connectivity index (χ0v) is 19.4. The minimum atomic E-state index is 0. The van der Waals surface area contributed by atoms with E-state index in [1.807, 2.05) is 0 Å². The van der Waals surface area contributed by atoms with Crippen LogP contribution in [0.2, 0.25) is 0 Å². The topological polar surface area (TPSA) is 87.8 Å². The largest absolute Gasteiger partial charge is 0.379 e. The Morgan fingerprint density at radius 2 is 1.89 bits per heavy atom. The molecular formula is C18H35IN6O2. The summed E-state index contributed by atoms with van der Waals surface area (Å²) in [4.78, 5) is 11.4. The first kappa shape index (κ1) is 24.1. The molecule has 1 aromatic rings. The van der Waals surface area contributed by atoms with E-state index in [-0.39, 0.29) is 24.0 Å². The van der Waals surface area contributed by atoms with Gasteiger partial charge in [-0.2, -0.15) is 4.98 Å². The Balaban J connectivity index is 0.00000364. The van der Waals surface area contributed by atoms with Crippen molar-refractivity contribution in [1.82, 2.24) is 25.7 Å². The molecule has 9 heteroatoms. The lowest BCUT2D eigenvalue weighted by Crippen LogP contribution is -2.53. The van der Waals surface area contributed by atoms with Gasteiger partial charge in [-0.25, -0.2) is 4.99 Å². The van der Waals surface area contributed by atoms with Crippen molar-refractivity contribution in [2.24, 2.45) is 10.9 Å². The number of nitrogens with zero attached hydrogens (tertiary/aromatic N) is 4. The molecule has 27 heavy (non-hydrogen) atoms. The van der Waals surface area contributed by atoms with E-state index in [4.69, 9.17) is 9.26 Å². The van der Waals surface area contributed by atoms with E-state index in [9.17, 15) is 0 Å². The molecule has 0 amide bonds. The highest BCUT2D eigenvalue weighted by molar-refractivity contribution is 14.0. The molecule has 0 radical (unpaired) electrons. The van der Waals surface area contributed by atoms with Crippen molar-refractivity contribution in [2.75, 3.05) is 39.4 Å². The summed E-state index contributed by atoms with van der Waals surface area (Å²) in [5, 5.41) is 10.7. The maximum atomic E-state index is 5.53. The number of ether oxygens (including phenoxy) is 1. The molecule has 1 aliphatic heterocycles. The highest BCUT2D eigenvalue weighted by Crippen LogP contribution is 2.19. The second kappa shape index (κ2) is 13.3. The predicted molar refractivity (Wildman–Crippen MR) is 118 cm³/mol. The smallest absolute Gasteiger partial charge is 0.223 e. The number of aryl methyl sites for hydroxylation is 1. The number of rotatable bonds is 9. The van der Waals surface area contributed by atoms with Gasteiger partial charge >= 0.3 is 0 Å². The standard InChI is InChI=1S/C18H34N6O2.HI/c1-5-15(6-2)16(24-8-10-25-11-9-24)12-20-18(19-7-3)21-13-17-22-14(4)26-23-17;/h15-16H,5-13H2,1-4H3,(H2,19,20,21);1H. The van der Waals surface area contributed by atoms with Gasteiger partial charge in [0.05, 0.1) is 13.2 Å². The Bertz CT molecular complexity index is 544. The van der Waals surface area contributed by atoms with Crippen molar-refractivity contribution in [3.63, 3.8) is 0 Å². The zero-order valence-electron chi connectivity index (χ0n) is 17.0. The molecule has 1 aliphatic rings. The summed E-state index contributed by atoms with van der Waals surface area (Å²) in [6.07, 6.45) is 2.35.